The van der Waals surface area contributed by atoms with Gasteiger partial charge in [-0.05, 0) is 6.92 Å². The average molecular weight is 311 g/mol. The number of aromatic nitrogens is 6. The molecule has 118 valence electrons. The highest BCUT2D eigenvalue weighted by atomic mass is 16.1. The zero-order valence-electron chi connectivity index (χ0n) is 13.3. The zero-order valence-corrected chi connectivity index (χ0v) is 13.3. The van der Waals surface area contributed by atoms with Gasteiger partial charge >= 0.3 is 0 Å². The minimum absolute atomic E-state index is 0.0171. The summed E-state index contributed by atoms with van der Waals surface area (Å²) >= 11 is 0. The monoisotopic (exact) mass is 311 g/mol. The van der Waals surface area contributed by atoms with E-state index in [-0.39, 0.29) is 5.56 Å². The summed E-state index contributed by atoms with van der Waals surface area (Å²) in [5.74, 6) is 1.51. The van der Waals surface area contributed by atoms with Gasteiger partial charge in [-0.3, -0.25) is 9.36 Å². The first-order chi connectivity index (χ1) is 11.1. The quantitative estimate of drug-likeness (QED) is 0.644. The van der Waals surface area contributed by atoms with Gasteiger partial charge in [0.1, 0.15) is 12.2 Å². The molecule has 0 radical (unpaired) electrons. The summed E-state index contributed by atoms with van der Waals surface area (Å²) in [7, 11) is 3.66. The molecule has 0 amide bonds. The third-order valence-electron chi connectivity index (χ3n) is 4.44. The molecule has 0 atom stereocenters. The van der Waals surface area contributed by atoms with Crippen LogP contribution in [0.25, 0.3) is 11.2 Å². The fourth-order valence-corrected chi connectivity index (χ4v) is 3.03. The van der Waals surface area contributed by atoms with E-state index < -0.39 is 0 Å². The molecule has 1 aliphatic rings. The third kappa shape index (κ3) is 2.01. The minimum Gasteiger partial charge on any atom is -0.350 e. The van der Waals surface area contributed by atoms with Crippen molar-refractivity contribution in [2.24, 2.45) is 14.1 Å². The molecule has 4 heterocycles. The maximum absolute atomic E-state index is 12.5. The third-order valence-corrected chi connectivity index (χ3v) is 4.44. The van der Waals surface area contributed by atoms with Gasteiger partial charge in [0.25, 0.3) is 5.56 Å². The van der Waals surface area contributed by atoms with E-state index in [0.29, 0.717) is 6.54 Å². The van der Waals surface area contributed by atoms with E-state index in [0.717, 1.165) is 47.0 Å². The molecule has 1 aliphatic heterocycles. The van der Waals surface area contributed by atoms with Crippen molar-refractivity contribution < 1.29 is 0 Å². The van der Waals surface area contributed by atoms with Crippen molar-refractivity contribution in [2.75, 3.05) is 11.4 Å². The molecule has 0 spiro atoms. The molecule has 0 saturated heterocycles. The molecule has 0 aromatic carbocycles. The Morgan fingerprint density at radius 3 is 2.83 bits per heavy atom. The summed E-state index contributed by atoms with van der Waals surface area (Å²) in [6.45, 7) is 3.11. The van der Waals surface area contributed by atoms with Gasteiger partial charge < -0.3 is 9.47 Å². The van der Waals surface area contributed by atoms with Gasteiger partial charge in [0.2, 0.25) is 0 Å². The zero-order chi connectivity index (χ0) is 16.1. The van der Waals surface area contributed by atoms with Crippen LogP contribution in [0.3, 0.4) is 0 Å². The van der Waals surface area contributed by atoms with Gasteiger partial charge in [-0.1, -0.05) is 0 Å². The van der Waals surface area contributed by atoms with E-state index in [9.17, 15) is 4.79 Å². The second-order valence-electron chi connectivity index (χ2n) is 5.84. The molecule has 0 unspecified atom stereocenters. The highest BCUT2D eigenvalue weighted by Gasteiger charge is 2.24. The van der Waals surface area contributed by atoms with Gasteiger partial charge in [-0.15, -0.1) is 0 Å². The number of hydrogen-bond donors (Lipinski definition) is 0. The Morgan fingerprint density at radius 1 is 1.17 bits per heavy atom. The maximum atomic E-state index is 12.5. The lowest BCUT2D eigenvalue weighted by atomic mass is 10.1. The Balaban J connectivity index is 1.81. The Bertz CT molecular complexity index is 972. The fourth-order valence-electron chi connectivity index (χ4n) is 3.03. The van der Waals surface area contributed by atoms with Crippen LogP contribution in [0.1, 0.15) is 17.1 Å². The molecule has 3 aromatic rings. The Kier molecular flexibility index (Phi) is 2.93. The first-order valence-corrected chi connectivity index (χ1v) is 7.48. The van der Waals surface area contributed by atoms with Crippen molar-refractivity contribution in [1.29, 1.82) is 0 Å². The number of nitrogens with zero attached hydrogens (tertiary/aromatic N) is 7. The molecule has 0 fully saturated rings. The second kappa shape index (κ2) is 4.87. The molecular formula is C15H17N7O. The molecule has 0 N–H and O–H groups in total. The van der Waals surface area contributed by atoms with Crippen LogP contribution in [0.15, 0.2) is 17.4 Å². The Morgan fingerprint density at radius 2 is 2.00 bits per heavy atom. The van der Waals surface area contributed by atoms with Gasteiger partial charge in [-0.2, -0.15) is 0 Å². The average Bonchev–Trinajstić information content (AvgIpc) is 2.94. The number of imidazole rings is 1. The van der Waals surface area contributed by atoms with Crippen LogP contribution in [0.4, 0.5) is 5.82 Å². The van der Waals surface area contributed by atoms with Crippen molar-refractivity contribution in [1.82, 2.24) is 29.1 Å². The van der Waals surface area contributed by atoms with E-state index in [1.807, 2.05) is 18.5 Å². The van der Waals surface area contributed by atoms with E-state index in [1.54, 1.807) is 24.3 Å². The van der Waals surface area contributed by atoms with Gasteiger partial charge in [0.05, 0.1) is 24.1 Å². The smallest absolute Gasteiger partial charge is 0.258 e. The molecule has 4 rings (SSSR count). The normalized spacial score (nSPS) is 14.3. The van der Waals surface area contributed by atoms with Crippen molar-refractivity contribution in [3.63, 3.8) is 0 Å². The number of rotatable bonds is 1. The van der Waals surface area contributed by atoms with E-state index in [2.05, 4.69) is 24.8 Å². The molecule has 0 saturated carbocycles. The molecule has 8 heteroatoms. The predicted molar refractivity (Wildman–Crippen MR) is 85.3 cm³/mol. The van der Waals surface area contributed by atoms with Crippen molar-refractivity contribution >= 4 is 17.0 Å². The Hall–Kier alpha value is -2.77. The van der Waals surface area contributed by atoms with E-state index in [4.69, 9.17) is 0 Å². The number of anilines is 1. The highest BCUT2D eigenvalue weighted by Crippen LogP contribution is 2.25. The first kappa shape index (κ1) is 13.9. The van der Waals surface area contributed by atoms with Gasteiger partial charge in [0.15, 0.2) is 17.0 Å². The molecule has 8 nitrogen and oxygen atoms in total. The van der Waals surface area contributed by atoms with Crippen LogP contribution in [-0.2, 0) is 27.1 Å². The van der Waals surface area contributed by atoms with Crippen LogP contribution < -0.4 is 10.5 Å². The SMILES string of the molecule is Cc1nc2c(c(=O)n1C)CN(c1ncnc3c1ncn3C)CC2. The minimum atomic E-state index is 0.0171. The molecule has 0 aliphatic carbocycles. The largest absolute Gasteiger partial charge is 0.350 e. The Labute approximate surface area is 132 Å². The molecule has 23 heavy (non-hydrogen) atoms. The lowest BCUT2D eigenvalue weighted by Gasteiger charge is -2.29. The van der Waals surface area contributed by atoms with Crippen LogP contribution in [0, 0.1) is 6.92 Å². The van der Waals surface area contributed by atoms with Crippen molar-refractivity contribution in [3.8, 4) is 0 Å². The lowest BCUT2D eigenvalue weighted by Crippen LogP contribution is -2.38. The van der Waals surface area contributed by atoms with E-state index in [1.165, 1.54) is 0 Å². The van der Waals surface area contributed by atoms with Gasteiger partial charge in [-0.25, -0.2) is 19.9 Å². The molecule has 0 bridgehead atoms. The molecule has 3 aromatic heterocycles. The van der Waals surface area contributed by atoms with Gasteiger partial charge in [0, 0.05) is 27.1 Å². The summed E-state index contributed by atoms with van der Waals surface area (Å²) in [5.41, 5.74) is 3.20. The summed E-state index contributed by atoms with van der Waals surface area (Å²) in [6, 6.07) is 0. The summed E-state index contributed by atoms with van der Waals surface area (Å²) in [4.78, 5) is 32.2. The van der Waals surface area contributed by atoms with Crippen molar-refractivity contribution in [3.05, 3.63) is 40.1 Å². The van der Waals surface area contributed by atoms with Crippen LogP contribution in [0.2, 0.25) is 0 Å². The van der Waals surface area contributed by atoms with Crippen LogP contribution >= 0.6 is 0 Å². The maximum Gasteiger partial charge on any atom is 0.258 e. The summed E-state index contributed by atoms with van der Waals surface area (Å²) in [5, 5.41) is 0. The number of fused-ring (bicyclic) bond motifs is 2. The van der Waals surface area contributed by atoms with E-state index >= 15 is 0 Å². The number of aryl methyl sites for hydroxylation is 2. The lowest BCUT2D eigenvalue weighted by molar-refractivity contribution is 0.651. The first-order valence-electron chi connectivity index (χ1n) is 7.48. The second-order valence-corrected chi connectivity index (χ2v) is 5.84. The summed E-state index contributed by atoms with van der Waals surface area (Å²) < 4.78 is 3.46. The standard InChI is InChI=1S/C15H17N7O/c1-9-19-11-4-5-22(6-10(11)15(23)21(9)3)14-12-13(16-7-17-14)20(2)8-18-12/h7-8H,4-6H2,1-3H3. The predicted octanol–water partition coefficient (Wildman–Crippen LogP) is 0.328. The van der Waals surface area contributed by atoms with Crippen molar-refractivity contribution in [2.45, 2.75) is 19.9 Å². The highest BCUT2D eigenvalue weighted by molar-refractivity contribution is 5.83. The topological polar surface area (TPSA) is 81.7 Å². The van der Waals surface area contributed by atoms with Crippen LogP contribution in [-0.4, -0.2) is 35.6 Å². The molecular weight excluding hydrogens is 294 g/mol. The fraction of sp³-hybridized carbons (Fsp3) is 0.400. The number of hydrogen-bond acceptors (Lipinski definition) is 6. The van der Waals surface area contributed by atoms with Crippen LogP contribution in [0.5, 0.6) is 0 Å². The summed E-state index contributed by atoms with van der Waals surface area (Å²) in [6.07, 6.45) is 4.00.